The molecule has 7 heteroatoms. The lowest BCUT2D eigenvalue weighted by atomic mass is 10.2. The van der Waals surface area contributed by atoms with Crippen molar-refractivity contribution in [1.29, 1.82) is 0 Å². The Kier molecular flexibility index (Phi) is 5.10. The fraction of sp³-hybridized carbons (Fsp3) is 0.471. The third-order valence-electron chi connectivity index (χ3n) is 4.24. The van der Waals surface area contributed by atoms with Crippen LogP contribution < -0.4 is 5.32 Å². The van der Waals surface area contributed by atoms with E-state index in [-0.39, 0.29) is 18.7 Å². The lowest BCUT2D eigenvalue weighted by Gasteiger charge is -2.29. The molecule has 7 nitrogen and oxygen atoms in total. The summed E-state index contributed by atoms with van der Waals surface area (Å²) in [6, 6.07) is 9.92. The van der Waals surface area contributed by atoms with Crippen LogP contribution in [0.15, 0.2) is 30.3 Å². The van der Waals surface area contributed by atoms with Gasteiger partial charge >= 0.3 is 6.03 Å². The van der Waals surface area contributed by atoms with E-state index >= 15 is 0 Å². The molecule has 3 rings (SSSR count). The zero-order valence-electron chi connectivity index (χ0n) is 13.9. The van der Waals surface area contributed by atoms with E-state index in [0.717, 1.165) is 23.6 Å². The fourth-order valence-corrected chi connectivity index (χ4v) is 2.90. The Balaban J connectivity index is 1.65. The van der Waals surface area contributed by atoms with Crippen molar-refractivity contribution in [2.45, 2.75) is 38.9 Å². The highest BCUT2D eigenvalue weighted by molar-refractivity contribution is 5.74. The van der Waals surface area contributed by atoms with Gasteiger partial charge < -0.3 is 19.9 Å². The number of amides is 2. The van der Waals surface area contributed by atoms with Gasteiger partial charge in [0.15, 0.2) is 11.6 Å². The topological polar surface area (TPSA) is 83.3 Å². The number of nitrogens with zero attached hydrogens (tertiary/aromatic N) is 4. The van der Waals surface area contributed by atoms with Gasteiger partial charge in [0.25, 0.3) is 0 Å². The van der Waals surface area contributed by atoms with Crippen molar-refractivity contribution >= 4 is 6.03 Å². The van der Waals surface area contributed by atoms with Crippen molar-refractivity contribution in [1.82, 2.24) is 25.0 Å². The Morgan fingerprint density at radius 2 is 2.08 bits per heavy atom. The van der Waals surface area contributed by atoms with E-state index in [0.29, 0.717) is 26.1 Å². The van der Waals surface area contributed by atoms with Crippen molar-refractivity contribution < 1.29 is 9.90 Å². The molecule has 0 radical (unpaired) electrons. The van der Waals surface area contributed by atoms with Crippen LogP contribution in [0.4, 0.5) is 4.79 Å². The van der Waals surface area contributed by atoms with Crippen LogP contribution in [0.1, 0.15) is 25.6 Å². The van der Waals surface area contributed by atoms with Gasteiger partial charge in [-0.05, 0) is 19.8 Å². The molecule has 2 N–H and O–H groups in total. The Labute approximate surface area is 141 Å². The van der Waals surface area contributed by atoms with Crippen LogP contribution in [0.5, 0.6) is 0 Å². The highest BCUT2D eigenvalue weighted by Gasteiger charge is 2.25. The minimum absolute atomic E-state index is 0.0457. The second-order valence-corrected chi connectivity index (χ2v) is 6.10. The van der Waals surface area contributed by atoms with E-state index in [9.17, 15) is 4.79 Å². The van der Waals surface area contributed by atoms with Crippen LogP contribution in [-0.4, -0.2) is 50.0 Å². The summed E-state index contributed by atoms with van der Waals surface area (Å²) in [4.78, 5) is 14.1. The summed E-state index contributed by atoms with van der Waals surface area (Å²) < 4.78 is 2.08. The molecule has 1 unspecified atom stereocenters. The Morgan fingerprint density at radius 3 is 2.83 bits per heavy atom. The third-order valence-corrected chi connectivity index (χ3v) is 4.24. The molecule has 0 aliphatic carbocycles. The maximum Gasteiger partial charge on any atom is 0.318 e. The van der Waals surface area contributed by atoms with E-state index in [2.05, 4.69) is 20.1 Å². The first kappa shape index (κ1) is 16.4. The van der Waals surface area contributed by atoms with Crippen molar-refractivity contribution in [3.05, 3.63) is 36.2 Å². The van der Waals surface area contributed by atoms with Crippen LogP contribution in [0.2, 0.25) is 0 Å². The molecular formula is C17H23N5O2. The number of aromatic nitrogens is 3. The van der Waals surface area contributed by atoms with Crippen LogP contribution in [-0.2, 0) is 13.1 Å². The summed E-state index contributed by atoms with van der Waals surface area (Å²) in [5, 5.41) is 20.4. The van der Waals surface area contributed by atoms with Gasteiger partial charge in [0.2, 0.25) is 0 Å². The molecule has 1 aromatic heterocycles. The van der Waals surface area contributed by atoms with Gasteiger partial charge in [-0.1, -0.05) is 30.3 Å². The minimum atomic E-state index is -0.0871. The van der Waals surface area contributed by atoms with Crippen molar-refractivity contribution in [3.8, 4) is 11.4 Å². The van der Waals surface area contributed by atoms with E-state index in [1.54, 1.807) is 4.90 Å². The molecule has 2 amide bonds. The van der Waals surface area contributed by atoms with Crippen molar-refractivity contribution in [2.75, 3.05) is 13.2 Å². The Hall–Kier alpha value is -2.41. The zero-order chi connectivity index (χ0) is 16.9. The lowest BCUT2D eigenvalue weighted by molar-refractivity contribution is 0.177. The average Bonchev–Trinajstić information content (AvgIpc) is 3.03. The first-order chi connectivity index (χ1) is 11.7. The van der Waals surface area contributed by atoms with Crippen LogP contribution in [0.25, 0.3) is 11.4 Å². The largest absolute Gasteiger partial charge is 0.396 e. The number of benzene rings is 1. The SMILES string of the molecule is CC(CCCO)NC(=O)N1CCn2c(nnc2-c2ccccc2)C1. The van der Waals surface area contributed by atoms with Crippen LogP contribution in [0.3, 0.4) is 0 Å². The lowest BCUT2D eigenvalue weighted by Crippen LogP contribution is -2.47. The number of nitrogens with one attached hydrogen (secondary N) is 1. The van der Waals surface area contributed by atoms with Crippen LogP contribution >= 0.6 is 0 Å². The number of fused-ring (bicyclic) bond motifs is 1. The first-order valence-corrected chi connectivity index (χ1v) is 8.33. The van der Waals surface area contributed by atoms with Crippen molar-refractivity contribution in [2.24, 2.45) is 0 Å². The fourth-order valence-electron chi connectivity index (χ4n) is 2.90. The molecule has 2 heterocycles. The molecule has 1 aromatic carbocycles. The summed E-state index contributed by atoms with van der Waals surface area (Å²) in [6.45, 7) is 3.87. The molecule has 128 valence electrons. The molecule has 24 heavy (non-hydrogen) atoms. The van der Waals surface area contributed by atoms with Crippen molar-refractivity contribution in [3.63, 3.8) is 0 Å². The van der Waals surface area contributed by atoms with E-state index in [4.69, 9.17) is 5.11 Å². The Bertz CT molecular complexity index is 686. The number of urea groups is 1. The smallest absolute Gasteiger partial charge is 0.318 e. The molecule has 1 atom stereocenters. The summed E-state index contributed by atoms with van der Waals surface area (Å²) in [6.07, 6.45) is 1.46. The quantitative estimate of drug-likeness (QED) is 0.873. The third kappa shape index (κ3) is 3.56. The predicted octanol–water partition coefficient (Wildman–Crippen LogP) is 1.63. The molecule has 0 saturated heterocycles. The van der Waals surface area contributed by atoms with Gasteiger partial charge in [-0.25, -0.2) is 4.79 Å². The minimum Gasteiger partial charge on any atom is -0.396 e. The van der Waals surface area contributed by atoms with E-state index < -0.39 is 0 Å². The maximum atomic E-state index is 12.4. The van der Waals surface area contributed by atoms with Gasteiger partial charge in [0, 0.05) is 31.3 Å². The summed E-state index contributed by atoms with van der Waals surface area (Å²) in [5.74, 6) is 1.65. The highest BCUT2D eigenvalue weighted by atomic mass is 16.3. The van der Waals surface area contributed by atoms with Gasteiger partial charge in [0.1, 0.15) is 0 Å². The average molecular weight is 329 g/mol. The van der Waals surface area contributed by atoms with E-state index in [1.165, 1.54) is 0 Å². The second-order valence-electron chi connectivity index (χ2n) is 6.10. The van der Waals surface area contributed by atoms with Gasteiger partial charge in [-0.2, -0.15) is 0 Å². The molecule has 1 aliphatic heterocycles. The van der Waals surface area contributed by atoms with E-state index in [1.807, 2.05) is 37.3 Å². The maximum absolute atomic E-state index is 12.4. The summed E-state index contributed by atoms with van der Waals surface area (Å²) in [7, 11) is 0. The second kappa shape index (κ2) is 7.44. The molecule has 0 saturated carbocycles. The molecule has 0 bridgehead atoms. The number of carbonyl (C=O) groups excluding carboxylic acids is 1. The number of hydrogen-bond donors (Lipinski definition) is 2. The zero-order valence-corrected chi connectivity index (χ0v) is 13.9. The van der Waals surface area contributed by atoms with Gasteiger partial charge in [-0.15, -0.1) is 10.2 Å². The number of aliphatic hydroxyl groups is 1. The summed E-state index contributed by atoms with van der Waals surface area (Å²) >= 11 is 0. The summed E-state index contributed by atoms with van der Waals surface area (Å²) in [5.41, 5.74) is 1.03. The van der Waals surface area contributed by atoms with Crippen LogP contribution in [0, 0.1) is 0 Å². The normalized spacial score (nSPS) is 15.0. The standard InChI is InChI=1S/C17H23N5O2/c1-13(6-5-11-23)18-17(24)21-9-10-22-15(12-21)19-20-16(22)14-7-3-2-4-8-14/h2-4,7-8,13,23H,5-6,9-12H2,1H3,(H,18,24). The number of aliphatic hydroxyl groups excluding tert-OH is 1. The molecule has 0 fully saturated rings. The number of rotatable bonds is 5. The molecule has 1 aliphatic rings. The Morgan fingerprint density at radius 1 is 1.29 bits per heavy atom. The molecular weight excluding hydrogens is 306 g/mol. The first-order valence-electron chi connectivity index (χ1n) is 8.33. The van der Waals surface area contributed by atoms with Gasteiger partial charge in [0.05, 0.1) is 6.54 Å². The predicted molar refractivity (Wildman–Crippen MR) is 90.2 cm³/mol. The van der Waals surface area contributed by atoms with Gasteiger partial charge in [-0.3, -0.25) is 0 Å². The molecule has 0 spiro atoms. The number of hydrogen-bond acceptors (Lipinski definition) is 4. The highest BCUT2D eigenvalue weighted by Crippen LogP contribution is 2.21. The number of carbonyl (C=O) groups is 1. The molecule has 2 aromatic rings. The monoisotopic (exact) mass is 329 g/mol.